The molecule has 0 saturated carbocycles. The molecule has 6 heteroatoms. The number of hydrogen-bond acceptors (Lipinski definition) is 4. The molecule has 0 radical (unpaired) electrons. The summed E-state index contributed by atoms with van der Waals surface area (Å²) >= 11 is 0. The number of sulfonamides is 1. The van der Waals surface area contributed by atoms with E-state index in [9.17, 15) is 8.42 Å². The zero-order valence-electron chi connectivity index (χ0n) is 13.6. The molecule has 1 aromatic heterocycles. The summed E-state index contributed by atoms with van der Waals surface area (Å²) in [6.07, 6.45) is 6.22. The number of rotatable bonds is 9. The summed E-state index contributed by atoms with van der Waals surface area (Å²) in [7, 11) is -3.27. The minimum Gasteiger partial charge on any atom is -0.468 e. The molecule has 22 heavy (non-hydrogen) atoms. The van der Waals surface area contributed by atoms with E-state index in [-0.39, 0.29) is 11.3 Å². The van der Waals surface area contributed by atoms with E-state index in [1.807, 2.05) is 26.0 Å². The molecule has 5 nitrogen and oxygen atoms in total. The molecule has 1 N–H and O–H groups in total. The van der Waals surface area contributed by atoms with Crippen LogP contribution in [0.3, 0.4) is 0 Å². The van der Waals surface area contributed by atoms with Crippen LogP contribution in [0.2, 0.25) is 0 Å². The van der Waals surface area contributed by atoms with E-state index >= 15 is 0 Å². The Morgan fingerprint density at radius 2 is 2.05 bits per heavy atom. The summed E-state index contributed by atoms with van der Waals surface area (Å²) < 4.78 is 33.3. The largest absolute Gasteiger partial charge is 0.468 e. The van der Waals surface area contributed by atoms with Gasteiger partial charge in [-0.25, -0.2) is 13.1 Å². The number of nitrogens with zero attached hydrogens (tertiary/aromatic N) is 1. The van der Waals surface area contributed by atoms with Crippen molar-refractivity contribution in [1.29, 1.82) is 0 Å². The highest BCUT2D eigenvalue weighted by atomic mass is 32.2. The molecule has 126 valence electrons. The summed E-state index contributed by atoms with van der Waals surface area (Å²) in [5, 5.41) is -0.298. The van der Waals surface area contributed by atoms with Crippen molar-refractivity contribution in [3.8, 4) is 0 Å². The third-order valence-corrected chi connectivity index (χ3v) is 6.45. The summed E-state index contributed by atoms with van der Waals surface area (Å²) in [5.74, 6) is 0.841. The van der Waals surface area contributed by atoms with E-state index in [1.54, 1.807) is 6.26 Å². The van der Waals surface area contributed by atoms with Gasteiger partial charge in [-0.3, -0.25) is 4.90 Å². The summed E-state index contributed by atoms with van der Waals surface area (Å²) in [6, 6.07) is 3.78. The Labute approximate surface area is 134 Å². The van der Waals surface area contributed by atoms with Gasteiger partial charge in [0, 0.05) is 6.54 Å². The Hall–Kier alpha value is -0.850. The van der Waals surface area contributed by atoms with Crippen molar-refractivity contribution in [3.63, 3.8) is 0 Å². The highest BCUT2D eigenvalue weighted by molar-refractivity contribution is 7.90. The van der Waals surface area contributed by atoms with Crippen LogP contribution < -0.4 is 4.72 Å². The molecule has 1 fully saturated rings. The van der Waals surface area contributed by atoms with Crippen molar-refractivity contribution in [2.45, 2.75) is 57.2 Å². The standard InChI is InChI=1S/C16H28N2O3S/c1-3-8-14(4-2)22(19,20)17-13-15(16-9-7-12-21-16)18-10-5-6-11-18/h7,9,12,14-15,17H,3-6,8,10-11,13H2,1-2H3. The van der Waals surface area contributed by atoms with Crippen LogP contribution in [0.15, 0.2) is 22.8 Å². The molecule has 1 aliphatic heterocycles. The lowest BCUT2D eigenvalue weighted by Gasteiger charge is -2.27. The van der Waals surface area contributed by atoms with E-state index < -0.39 is 10.0 Å². The average molecular weight is 328 g/mol. The number of hydrogen-bond donors (Lipinski definition) is 1. The van der Waals surface area contributed by atoms with Gasteiger partial charge in [0.05, 0.1) is 17.6 Å². The van der Waals surface area contributed by atoms with E-state index in [1.165, 1.54) is 0 Å². The van der Waals surface area contributed by atoms with Gasteiger partial charge in [-0.05, 0) is 50.9 Å². The van der Waals surface area contributed by atoms with Crippen molar-refractivity contribution in [3.05, 3.63) is 24.2 Å². The van der Waals surface area contributed by atoms with Crippen LogP contribution in [0, 0.1) is 0 Å². The predicted molar refractivity (Wildman–Crippen MR) is 88.2 cm³/mol. The van der Waals surface area contributed by atoms with Gasteiger partial charge in [-0.1, -0.05) is 20.3 Å². The minimum atomic E-state index is -3.27. The van der Waals surface area contributed by atoms with Crippen LogP contribution in [0.4, 0.5) is 0 Å². The summed E-state index contributed by atoms with van der Waals surface area (Å²) in [5.41, 5.74) is 0. The van der Waals surface area contributed by atoms with Crippen molar-refractivity contribution in [2.24, 2.45) is 0 Å². The number of nitrogens with one attached hydrogen (secondary N) is 1. The molecule has 0 aromatic carbocycles. The molecule has 0 spiro atoms. The van der Waals surface area contributed by atoms with Crippen LogP contribution in [-0.2, 0) is 10.0 Å². The van der Waals surface area contributed by atoms with E-state index in [0.29, 0.717) is 19.4 Å². The fraction of sp³-hybridized carbons (Fsp3) is 0.750. The normalized spacial score (nSPS) is 19.4. The van der Waals surface area contributed by atoms with Gasteiger partial charge >= 0.3 is 0 Å². The van der Waals surface area contributed by atoms with Gasteiger partial charge in [-0.2, -0.15) is 0 Å². The monoisotopic (exact) mass is 328 g/mol. The fourth-order valence-corrected chi connectivity index (χ4v) is 4.77. The molecule has 0 amide bonds. The zero-order valence-corrected chi connectivity index (χ0v) is 14.4. The maximum Gasteiger partial charge on any atom is 0.214 e. The van der Waals surface area contributed by atoms with E-state index in [0.717, 1.165) is 38.1 Å². The van der Waals surface area contributed by atoms with Crippen molar-refractivity contribution < 1.29 is 12.8 Å². The maximum absolute atomic E-state index is 12.5. The quantitative estimate of drug-likeness (QED) is 0.757. The fourth-order valence-electron chi connectivity index (χ4n) is 3.16. The van der Waals surface area contributed by atoms with Crippen molar-refractivity contribution in [1.82, 2.24) is 9.62 Å². The smallest absolute Gasteiger partial charge is 0.214 e. The van der Waals surface area contributed by atoms with Crippen LogP contribution in [-0.4, -0.2) is 38.2 Å². The summed E-state index contributed by atoms with van der Waals surface area (Å²) in [6.45, 7) is 6.34. The molecule has 2 atom stereocenters. The Bertz CT molecular complexity index is 522. The number of likely N-dealkylation sites (tertiary alicyclic amines) is 1. The first-order chi connectivity index (χ1) is 10.6. The molecule has 2 heterocycles. The second-order valence-electron chi connectivity index (χ2n) is 5.99. The van der Waals surface area contributed by atoms with Gasteiger partial charge < -0.3 is 4.42 Å². The zero-order chi connectivity index (χ0) is 16.0. The highest BCUT2D eigenvalue weighted by Gasteiger charge is 2.29. The van der Waals surface area contributed by atoms with Crippen molar-refractivity contribution >= 4 is 10.0 Å². The molecule has 1 aromatic rings. The molecule has 0 bridgehead atoms. The first-order valence-corrected chi connectivity index (χ1v) is 9.89. The van der Waals surface area contributed by atoms with Crippen molar-refractivity contribution in [2.75, 3.05) is 19.6 Å². The molecular weight excluding hydrogens is 300 g/mol. The van der Waals surface area contributed by atoms with Gasteiger partial charge in [-0.15, -0.1) is 0 Å². The Kier molecular flexibility index (Phi) is 6.47. The predicted octanol–water partition coefficient (Wildman–Crippen LogP) is 2.91. The molecule has 2 unspecified atom stereocenters. The lowest BCUT2D eigenvalue weighted by molar-refractivity contribution is 0.216. The molecule has 1 aliphatic rings. The Morgan fingerprint density at radius 1 is 1.32 bits per heavy atom. The third-order valence-electron chi connectivity index (χ3n) is 4.44. The topological polar surface area (TPSA) is 62.6 Å². The Morgan fingerprint density at radius 3 is 2.59 bits per heavy atom. The SMILES string of the molecule is CCCC(CC)S(=O)(=O)NCC(c1ccco1)N1CCCC1. The molecule has 2 rings (SSSR count). The van der Waals surface area contributed by atoms with Gasteiger partial charge in [0.25, 0.3) is 0 Å². The molecule has 1 saturated heterocycles. The lowest BCUT2D eigenvalue weighted by atomic mass is 10.2. The molecular formula is C16H28N2O3S. The second-order valence-corrected chi connectivity index (χ2v) is 8.03. The summed E-state index contributed by atoms with van der Waals surface area (Å²) in [4.78, 5) is 2.31. The van der Waals surface area contributed by atoms with E-state index in [2.05, 4.69) is 9.62 Å². The van der Waals surface area contributed by atoms with Crippen LogP contribution in [0.5, 0.6) is 0 Å². The third kappa shape index (κ3) is 4.33. The molecule has 0 aliphatic carbocycles. The van der Waals surface area contributed by atoms with Crippen LogP contribution in [0.1, 0.15) is 57.8 Å². The highest BCUT2D eigenvalue weighted by Crippen LogP contribution is 2.25. The first-order valence-electron chi connectivity index (χ1n) is 8.34. The number of furan rings is 1. The van der Waals surface area contributed by atoms with E-state index in [4.69, 9.17) is 4.42 Å². The van der Waals surface area contributed by atoms with Gasteiger partial charge in [0.1, 0.15) is 5.76 Å². The Balaban J connectivity index is 2.04. The van der Waals surface area contributed by atoms with Crippen LogP contribution in [0.25, 0.3) is 0 Å². The minimum absolute atomic E-state index is 0.00796. The van der Waals surface area contributed by atoms with Crippen LogP contribution >= 0.6 is 0 Å². The maximum atomic E-state index is 12.5. The lowest BCUT2D eigenvalue weighted by Crippen LogP contribution is -2.40. The first kappa shape index (κ1) is 17.5. The second kappa shape index (κ2) is 8.13. The van der Waals surface area contributed by atoms with Gasteiger partial charge in [0.2, 0.25) is 10.0 Å². The van der Waals surface area contributed by atoms with Gasteiger partial charge in [0.15, 0.2) is 0 Å². The average Bonchev–Trinajstić information content (AvgIpc) is 3.18.